The van der Waals surface area contributed by atoms with Gasteiger partial charge in [-0.25, -0.2) is 6.57 Å². The SMILES string of the molecule is [C-]#[N+]C(C)(C)CCCC(=O)O. The molecule has 0 amide bonds. The Kier molecular flexibility index (Phi) is 3.59. The first-order chi connectivity index (χ1) is 4.98. The van der Waals surface area contributed by atoms with Crippen molar-refractivity contribution < 1.29 is 9.90 Å². The van der Waals surface area contributed by atoms with E-state index in [1.54, 1.807) is 0 Å². The summed E-state index contributed by atoms with van der Waals surface area (Å²) in [6.45, 7) is 10.4. The van der Waals surface area contributed by atoms with Crippen molar-refractivity contribution in [2.24, 2.45) is 0 Å². The Morgan fingerprint density at radius 3 is 2.55 bits per heavy atom. The molecule has 0 aromatic carbocycles. The number of hydrogen-bond donors (Lipinski definition) is 1. The molecule has 0 rings (SSSR count). The third-order valence-corrected chi connectivity index (χ3v) is 1.48. The topological polar surface area (TPSA) is 41.7 Å². The first-order valence-electron chi connectivity index (χ1n) is 3.58. The first-order valence-corrected chi connectivity index (χ1v) is 3.58. The number of carboxylic acids is 1. The van der Waals surface area contributed by atoms with Crippen LogP contribution in [0.5, 0.6) is 0 Å². The van der Waals surface area contributed by atoms with Gasteiger partial charge in [-0.3, -0.25) is 4.79 Å². The molecule has 3 nitrogen and oxygen atoms in total. The van der Waals surface area contributed by atoms with Crippen LogP contribution in [0.15, 0.2) is 0 Å². The second kappa shape index (κ2) is 3.97. The lowest BCUT2D eigenvalue weighted by atomic mass is 9.99. The monoisotopic (exact) mass is 155 g/mol. The fraction of sp³-hybridized carbons (Fsp3) is 0.750. The molecule has 62 valence electrons. The van der Waals surface area contributed by atoms with Crippen LogP contribution in [-0.4, -0.2) is 16.6 Å². The van der Waals surface area contributed by atoms with Crippen molar-refractivity contribution in [3.8, 4) is 0 Å². The highest BCUT2D eigenvalue weighted by Gasteiger charge is 2.21. The Morgan fingerprint density at radius 2 is 2.18 bits per heavy atom. The van der Waals surface area contributed by atoms with Crippen molar-refractivity contribution in [3.63, 3.8) is 0 Å². The van der Waals surface area contributed by atoms with Gasteiger partial charge in [-0.2, -0.15) is 0 Å². The average molecular weight is 155 g/mol. The van der Waals surface area contributed by atoms with E-state index >= 15 is 0 Å². The minimum absolute atomic E-state index is 0.166. The van der Waals surface area contributed by atoms with Crippen LogP contribution < -0.4 is 0 Å². The lowest BCUT2D eigenvalue weighted by Gasteiger charge is -2.08. The minimum Gasteiger partial charge on any atom is -0.481 e. The molecule has 0 radical (unpaired) electrons. The van der Waals surface area contributed by atoms with E-state index in [9.17, 15) is 4.79 Å². The van der Waals surface area contributed by atoms with Gasteiger partial charge in [0.25, 0.3) is 0 Å². The fourth-order valence-electron chi connectivity index (χ4n) is 0.728. The van der Waals surface area contributed by atoms with Gasteiger partial charge in [0, 0.05) is 26.7 Å². The highest BCUT2D eigenvalue weighted by atomic mass is 16.4. The molecule has 0 atom stereocenters. The van der Waals surface area contributed by atoms with E-state index in [4.69, 9.17) is 11.7 Å². The summed E-state index contributed by atoms with van der Waals surface area (Å²) in [5.74, 6) is -0.786. The molecule has 11 heavy (non-hydrogen) atoms. The maximum absolute atomic E-state index is 10.1. The molecule has 0 spiro atoms. The maximum atomic E-state index is 10.1. The van der Waals surface area contributed by atoms with E-state index in [0.717, 1.165) is 0 Å². The van der Waals surface area contributed by atoms with E-state index in [1.165, 1.54) is 0 Å². The molecule has 0 saturated heterocycles. The summed E-state index contributed by atoms with van der Waals surface area (Å²) in [4.78, 5) is 13.5. The van der Waals surface area contributed by atoms with E-state index in [0.29, 0.717) is 12.8 Å². The molecule has 0 aliphatic rings. The lowest BCUT2D eigenvalue weighted by Crippen LogP contribution is -2.13. The van der Waals surface area contributed by atoms with Crippen LogP contribution in [0.1, 0.15) is 33.1 Å². The van der Waals surface area contributed by atoms with Crippen molar-refractivity contribution in [2.75, 3.05) is 0 Å². The van der Waals surface area contributed by atoms with Gasteiger partial charge in [0.1, 0.15) is 0 Å². The van der Waals surface area contributed by atoms with E-state index in [1.807, 2.05) is 13.8 Å². The van der Waals surface area contributed by atoms with Gasteiger partial charge in [0.15, 0.2) is 0 Å². The Morgan fingerprint density at radius 1 is 1.64 bits per heavy atom. The smallest absolute Gasteiger partial charge is 0.303 e. The second-order valence-electron chi connectivity index (χ2n) is 3.17. The molecule has 3 heteroatoms. The van der Waals surface area contributed by atoms with Gasteiger partial charge < -0.3 is 9.95 Å². The van der Waals surface area contributed by atoms with Crippen molar-refractivity contribution in [3.05, 3.63) is 11.4 Å². The normalized spacial score (nSPS) is 10.6. The van der Waals surface area contributed by atoms with E-state index in [2.05, 4.69) is 4.85 Å². The van der Waals surface area contributed by atoms with Crippen LogP contribution in [0.25, 0.3) is 4.85 Å². The van der Waals surface area contributed by atoms with Crippen LogP contribution in [-0.2, 0) is 4.79 Å². The van der Waals surface area contributed by atoms with Crippen LogP contribution in [0.2, 0.25) is 0 Å². The summed E-state index contributed by atoms with van der Waals surface area (Å²) in [6, 6.07) is 0. The highest BCUT2D eigenvalue weighted by Crippen LogP contribution is 2.17. The van der Waals surface area contributed by atoms with Gasteiger partial charge >= 0.3 is 5.97 Å². The molecule has 0 fully saturated rings. The zero-order valence-electron chi connectivity index (χ0n) is 6.92. The van der Waals surface area contributed by atoms with Gasteiger partial charge in [-0.05, 0) is 6.42 Å². The van der Waals surface area contributed by atoms with Crippen LogP contribution in [0.4, 0.5) is 0 Å². The molecular weight excluding hydrogens is 142 g/mol. The largest absolute Gasteiger partial charge is 0.481 e. The first kappa shape index (κ1) is 9.96. The molecule has 1 N–H and O–H groups in total. The summed E-state index contributed by atoms with van der Waals surface area (Å²) in [5, 5.41) is 8.31. The highest BCUT2D eigenvalue weighted by molar-refractivity contribution is 5.66. The quantitative estimate of drug-likeness (QED) is 0.630. The minimum atomic E-state index is -0.786. The summed E-state index contributed by atoms with van der Waals surface area (Å²) in [6.07, 6.45) is 1.41. The second-order valence-corrected chi connectivity index (χ2v) is 3.17. The van der Waals surface area contributed by atoms with Gasteiger partial charge in [0.05, 0.1) is 0 Å². The zero-order chi connectivity index (χ0) is 8.91. The Labute approximate surface area is 66.9 Å². The molecular formula is C8H13NO2. The van der Waals surface area contributed by atoms with Gasteiger partial charge in [0.2, 0.25) is 5.54 Å². The predicted molar refractivity (Wildman–Crippen MR) is 42.2 cm³/mol. The number of carboxylic acid groups (broad SMARTS) is 1. The number of aliphatic carboxylic acids is 1. The number of carbonyl (C=O) groups is 1. The van der Waals surface area contributed by atoms with Crippen molar-refractivity contribution in [2.45, 2.75) is 38.6 Å². The van der Waals surface area contributed by atoms with Gasteiger partial charge in [-0.1, -0.05) is 0 Å². The van der Waals surface area contributed by atoms with Crippen LogP contribution in [0.3, 0.4) is 0 Å². The lowest BCUT2D eigenvalue weighted by molar-refractivity contribution is -0.137. The zero-order valence-corrected chi connectivity index (χ0v) is 6.92. The molecule has 0 unspecified atom stereocenters. The van der Waals surface area contributed by atoms with Crippen LogP contribution in [0, 0.1) is 6.57 Å². The van der Waals surface area contributed by atoms with Crippen molar-refractivity contribution in [1.29, 1.82) is 0 Å². The number of rotatable bonds is 4. The van der Waals surface area contributed by atoms with E-state index < -0.39 is 11.5 Å². The third-order valence-electron chi connectivity index (χ3n) is 1.48. The molecule has 0 aromatic heterocycles. The number of hydrogen-bond acceptors (Lipinski definition) is 1. The molecule has 0 bridgehead atoms. The summed E-state index contributed by atoms with van der Waals surface area (Å²) in [7, 11) is 0. The van der Waals surface area contributed by atoms with Crippen molar-refractivity contribution >= 4 is 5.97 Å². The van der Waals surface area contributed by atoms with Crippen molar-refractivity contribution in [1.82, 2.24) is 0 Å². The van der Waals surface area contributed by atoms with Gasteiger partial charge in [-0.15, -0.1) is 0 Å². The maximum Gasteiger partial charge on any atom is 0.303 e. The summed E-state index contributed by atoms with van der Waals surface area (Å²) >= 11 is 0. The predicted octanol–water partition coefficient (Wildman–Crippen LogP) is 1.94. The average Bonchev–Trinajstić information content (AvgIpc) is 1.87. The molecule has 0 saturated carbocycles. The summed E-state index contributed by atoms with van der Waals surface area (Å²) < 4.78 is 0. The Hall–Kier alpha value is -1.04. The third kappa shape index (κ3) is 5.41. The molecule has 0 heterocycles. The Balaban J connectivity index is 3.56. The Bertz CT molecular complexity index is 179. The van der Waals surface area contributed by atoms with E-state index in [-0.39, 0.29) is 6.42 Å². The number of nitrogens with zero attached hydrogens (tertiary/aromatic N) is 1. The molecule has 0 aliphatic carbocycles. The molecule has 0 aromatic rings. The fourth-order valence-corrected chi connectivity index (χ4v) is 0.728. The summed E-state index contributed by atoms with van der Waals surface area (Å²) in [5.41, 5.74) is -0.393. The molecule has 0 aliphatic heterocycles. The standard InChI is InChI=1S/C8H13NO2/c1-8(2,9-3)6-4-5-7(10)11/h4-6H2,1-2H3,(H,10,11). The van der Waals surface area contributed by atoms with Crippen LogP contribution >= 0.6 is 0 Å².